The number of rotatable bonds is 5. The number of hydrogen-bond acceptors (Lipinski definition) is 3. The summed E-state index contributed by atoms with van der Waals surface area (Å²) >= 11 is 0. The quantitative estimate of drug-likeness (QED) is 0.767. The Morgan fingerprint density at radius 1 is 1.33 bits per heavy atom. The second-order valence-electron chi connectivity index (χ2n) is 5.66. The van der Waals surface area contributed by atoms with Gasteiger partial charge >= 0.3 is 0 Å². The van der Waals surface area contributed by atoms with Crippen molar-refractivity contribution < 1.29 is 4.79 Å². The molecule has 1 atom stereocenters. The van der Waals surface area contributed by atoms with Gasteiger partial charge in [-0.15, -0.1) is 0 Å². The topological polar surface area (TPSA) is 44.4 Å². The van der Waals surface area contributed by atoms with Crippen LogP contribution in [0, 0.1) is 5.92 Å². The SMILES string of the molecule is CNC(=O)CCCN1CCC(C2CCCN2)CC1. The van der Waals surface area contributed by atoms with Crippen LogP contribution in [0.1, 0.15) is 38.5 Å². The molecule has 4 nitrogen and oxygen atoms in total. The van der Waals surface area contributed by atoms with Crippen molar-refractivity contribution in [1.29, 1.82) is 0 Å². The first-order valence-corrected chi connectivity index (χ1v) is 7.46. The van der Waals surface area contributed by atoms with Gasteiger partial charge in [0.2, 0.25) is 5.91 Å². The lowest BCUT2D eigenvalue weighted by molar-refractivity contribution is -0.120. The molecule has 2 saturated heterocycles. The Kier molecular flexibility index (Phi) is 5.45. The maximum atomic E-state index is 11.1. The first kappa shape index (κ1) is 13.8. The molecule has 1 unspecified atom stereocenters. The Labute approximate surface area is 110 Å². The van der Waals surface area contributed by atoms with Crippen molar-refractivity contribution in [3.8, 4) is 0 Å². The lowest BCUT2D eigenvalue weighted by atomic mass is 9.88. The van der Waals surface area contributed by atoms with Crippen molar-refractivity contribution >= 4 is 5.91 Å². The molecule has 18 heavy (non-hydrogen) atoms. The van der Waals surface area contributed by atoms with E-state index in [1.165, 1.54) is 45.3 Å². The molecule has 2 aliphatic rings. The molecule has 0 aliphatic carbocycles. The molecule has 0 saturated carbocycles. The smallest absolute Gasteiger partial charge is 0.219 e. The fraction of sp³-hybridized carbons (Fsp3) is 0.929. The minimum absolute atomic E-state index is 0.167. The standard InChI is InChI=1S/C14H27N3O/c1-15-14(18)5-3-9-17-10-6-12(7-11-17)13-4-2-8-16-13/h12-13,16H,2-11H2,1H3,(H,15,18). The van der Waals surface area contributed by atoms with Crippen LogP contribution in [0.4, 0.5) is 0 Å². The molecule has 0 spiro atoms. The molecule has 0 aromatic rings. The first-order chi connectivity index (χ1) is 8.79. The fourth-order valence-corrected chi connectivity index (χ4v) is 3.28. The van der Waals surface area contributed by atoms with E-state index in [2.05, 4.69) is 15.5 Å². The zero-order chi connectivity index (χ0) is 12.8. The van der Waals surface area contributed by atoms with Gasteiger partial charge < -0.3 is 15.5 Å². The van der Waals surface area contributed by atoms with Crippen molar-refractivity contribution in [1.82, 2.24) is 15.5 Å². The summed E-state index contributed by atoms with van der Waals surface area (Å²) in [6.45, 7) is 4.74. The van der Waals surface area contributed by atoms with Crippen molar-refractivity contribution in [3.63, 3.8) is 0 Å². The molecule has 2 N–H and O–H groups in total. The van der Waals surface area contributed by atoms with Crippen LogP contribution in [0.2, 0.25) is 0 Å². The van der Waals surface area contributed by atoms with Gasteiger partial charge in [0.15, 0.2) is 0 Å². The Balaban J connectivity index is 1.59. The number of amides is 1. The summed E-state index contributed by atoms with van der Waals surface area (Å²) in [7, 11) is 1.71. The summed E-state index contributed by atoms with van der Waals surface area (Å²) in [5, 5.41) is 6.32. The predicted molar refractivity (Wildman–Crippen MR) is 73.5 cm³/mol. The van der Waals surface area contributed by atoms with Gasteiger partial charge in [-0.2, -0.15) is 0 Å². The van der Waals surface area contributed by atoms with Gasteiger partial charge in [-0.3, -0.25) is 4.79 Å². The monoisotopic (exact) mass is 253 g/mol. The highest BCUT2D eigenvalue weighted by Crippen LogP contribution is 2.25. The Morgan fingerprint density at radius 2 is 2.11 bits per heavy atom. The van der Waals surface area contributed by atoms with Crippen molar-refractivity contribution in [2.75, 3.05) is 33.2 Å². The maximum Gasteiger partial charge on any atom is 0.219 e. The second kappa shape index (κ2) is 7.10. The van der Waals surface area contributed by atoms with E-state index in [1.807, 2.05) is 0 Å². The molecule has 1 amide bonds. The lowest BCUT2D eigenvalue weighted by Crippen LogP contribution is -2.41. The van der Waals surface area contributed by atoms with Gasteiger partial charge in [0, 0.05) is 19.5 Å². The summed E-state index contributed by atoms with van der Waals surface area (Å²) in [6.07, 6.45) is 7.06. The zero-order valence-corrected chi connectivity index (χ0v) is 11.6. The van der Waals surface area contributed by atoms with Crippen LogP contribution in [-0.2, 0) is 4.79 Å². The lowest BCUT2D eigenvalue weighted by Gasteiger charge is -2.34. The van der Waals surface area contributed by atoms with Gasteiger partial charge in [-0.25, -0.2) is 0 Å². The van der Waals surface area contributed by atoms with Crippen molar-refractivity contribution in [3.05, 3.63) is 0 Å². The summed E-state index contributed by atoms with van der Waals surface area (Å²) in [6, 6.07) is 0.790. The van der Waals surface area contributed by atoms with E-state index in [0.717, 1.165) is 24.9 Å². The number of nitrogens with zero attached hydrogens (tertiary/aromatic N) is 1. The number of hydrogen-bond donors (Lipinski definition) is 2. The van der Waals surface area contributed by atoms with E-state index in [0.29, 0.717) is 6.42 Å². The third-order valence-electron chi connectivity index (χ3n) is 4.46. The van der Waals surface area contributed by atoms with Gasteiger partial charge in [-0.05, 0) is 64.2 Å². The van der Waals surface area contributed by atoms with Crippen LogP contribution in [0.25, 0.3) is 0 Å². The van der Waals surface area contributed by atoms with Crippen LogP contribution in [0.5, 0.6) is 0 Å². The van der Waals surface area contributed by atoms with E-state index in [1.54, 1.807) is 7.05 Å². The van der Waals surface area contributed by atoms with Crippen LogP contribution >= 0.6 is 0 Å². The van der Waals surface area contributed by atoms with Crippen LogP contribution in [0.3, 0.4) is 0 Å². The highest BCUT2D eigenvalue weighted by molar-refractivity contribution is 5.75. The summed E-state index contributed by atoms with van der Waals surface area (Å²) in [5.74, 6) is 1.06. The summed E-state index contributed by atoms with van der Waals surface area (Å²) < 4.78 is 0. The van der Waals surface area contributed by atoms with E-state index < -0.39 is 0 Å². The molecular weight excluding hydrogens is 226 g/mol. The van der Waals surface area contributed by atoms with Crippen molar-refractivity contribution in [2.45, 2.75) is 44.6 Å². The normalized spacial score (nSPS) is 26.4. The molecule has 0 radical (unpaired) electrons. The minimum Gasteiger partial charge on any atom is -0.359 e. The number of likely N-dealkylation sites (tertiary alicyclic amines) is 1. The van der Waals surface area contributed by atoms with E-state index in [4.69, 9.17) is 0 Å². The van der Waals surface area contributed by atoms with E-state index >= 15 is 0 Å². The molecule has 2 aliphatic heterocycles. The van der Waals surface area contributed by atoms with Crippen LogP contribution < -0.4 is 10.6 Å². The van der Waals surface area contributed by atoms with Gasteiger partial charge in [-0.1, -0.05) is 0 Å². The molecule has 2 fully saturated rings. The van der Waals surface area contributed by atoms with Crippen LogP contribution in [-0.4, -0.2) is 50.1 Å². The number of carbonyl (C=O) groups excluding carboxylic acids is 1. The Morgan fingerprint density at radius 3 is 2.72 bits per heavy atom. The highest BCUT2D eigenvalue weighted by atomic mass is 16.1. The largest absolute Gasteiger partial charge is 0.359 e. The van der Waals surface area contributed by atoms with Gasteiger partial charge in [0.25, 0.3) is 0 Å². The van der Waals surface area contributed by atoms with Gasteiger partial charge in [0.05, 0.1) is 0 Å². The third kappa shape index (κ3) is 3.95. The average molecular weight is 253 g/mol. The zero-order valence-electron chi connectivity index (χ0n) is 11.6. The molecule has 0 bridgehead atoms. The summed E-state index contributed by atoms with van der Waals surface area (Å²) in [4.78, 5) is 13.7. The minimum atomic E-state index is 0.167. The maximum absolute atomic E-state index is 11.1. The highest BCUT2D eigenvalue weighted by Gasteiger charge is 2.27. The van der Waals surface area contributed by atoms with E-state index in [-0.39, 0.29) is 5.91 Å². The Hall–Kier alpha value is -0.610. The molecule has 0 aromatic carbocycles. The third-order valence-corrected chi connectivity index (χ3v) is 4.46. The van der Waals surface area contributed by atoms with E-state index in [9.17, 15) is 4.79 Å². The first-order valence-electron chi connectivity index (χ1n) is 7.46. The Bertz CT molecular complexity index is 256. The second-order valence-corrected chi connectivity index (χ2v) is 5.66. The molecular formula is C14H27N3O. The number of carbonyl (C=O) groups is 1. The predicted octanol–water partition coefficient (Wildman–Crippen LogP) is 0.977. The number of piperidine rings is 1. The molecule has 4 heteroatoms. The van der Waals surface area contributed by atoms with Crippen molar-refractivity contribution in [2.24, 2.45) is 5.92 Å². The average Bonchev–Trinajstić information content (AvgIpc) is 2.93. The molecule has 2 heterocycles. The number of nitrogens with one attached hydrogen (secondary N) is 2. The fourth-order valence-electron chi connectivity index (χ4n) is 3.28. The molecule has 2 rings (SSSR count). The molecule has 0 aromatic heterocycles. The van der Waals surface area contributed by atoms with Gasteiger partial charge in [0.1, 0.15) is 0 Å². The molecule has 104 valence electrons. The summed E-state index contributed by atoms with van der Waals surface area (Å²) in [5.41, 5.74) is 0. The van der Waals surface area contributed by atoms with Crippen LogP contribution in [0.15, 0.2) is 0 Å².